The number of rotatable bonds is 8. The summed E-state index contributed by atoms with van der Waals surface area (Å²) in [4.78, 5) is 5.03. The van der Waals surface area contributed by atoms with E-state index in [2.05, 4.69) is 50.0 Å². The first-order valence-corrected chi connectivity index (χ1v) is 8.18. The normalized spacial score (nSPS) is 25.4. The maximum atomic E-state index is 3.71. The first kappa shape index (κ1) is 16.9. The summed E-state index contributed by atoms with van der Waals surface area (Å²) >= 11 is 0. The summed E-state index contributed by atoms with van der Waals surface area (Å²) < 4.78 is 0. The summed E-state index contributed by atoms with van der Waals surface area (Å²) in [6.07, 6.45) is 5.30. The number of nitrogens with one attached hydrogen (secondary N) is 1. The maximum absolute atomic E-state index is 3.71. The van der Waals surface area contributed by atoms with Gasteiger partial charge in [-0.2, -0.15) is 0 Å². The molecule has 0 aromatic carbocycles. The van der Waals surface area contributed by atoms with Crippen LogP contribution in [0, 0.1) is 5.92 Å². The van der Waals surface area contributed by atoms with E-state index in [1.807, 2.05) is 0 Å². The van der Waals surface area contributed by atoms with Gasteiger partial charge in [0.05, 0.1) is 0 Å². The van der Waals surface area contributed by atoms with Crippen LogP contribution in [0.15, 0.2) is 0 Å². The second kappa shape index (κ2) is 8.93. The molecule has 1 rings (SSSR count). The monoisotopic (exact) mass is 269 g/mol. The third kappa shape index (κ3) is 6.24. The lowest BCUT2D eigenvalue weighted by Gasteiger charge is -2.39. The van der Waals surface area contributed by atoms with Crippen LogP contribution in [0.25, 0.3) is 0 Å². The lowest BCUT2D eigenvalue weighted by Crippen LogP contribution is -2.52. The first-order chi connectivity index (χ1) is 9.06. The highest BCUT2D eigenvalue weighted by atomic mass is 15.3. The van der Waals surface area contributed by atoms with Crippen molar-refractivity contribution >= 4 is 0 Å². The largest absolute Gasteiger partial charge is 0.314 e. The third-order valence-electron chi connectivity index (χ3n) is 4.50. The van der Waals surface area contributed by atoms with Crippen LogP contribution in [0.1, 0.15) is 46.5 Å². The molecule has 0 aromatic heterocycles. The van der Waals surface area contributed by atoms with Crippen LogP contribution in [0.5, 0.6) is 0 Å². The van der Waals surface area contributed by atoms with Gasteiger partial charge in [-0.05, 0) is 39.4 Å². The van der Waals surface area contributed by atoms with E-state index in [1.165, 1.54) is 45.3 Å². The van der Waals surface area contributed by atoms with Gasteiger partial charge in [0.2, 0.25) is 0 Å². The maximum Gasteiger partial charge on any atom is 0.0235 e. The SMILES string of the molecule is CCCC(C)CC(CC1CN(C)CCN1C)NCC. The molecule has 3 heteroatoms. The summed E-state index contributed by atoms with van der Waals surface area (Å²) in [5, 5.41) is 3.71. The highest BCUT2D eigenvalue weighted by molar-refractivity contribution is 4.84. The zero-order chi connectivity index (χ0) is 14.3. The van der Waals surface area contributed by atoms with Crippen LogP contribution >= 0.6 is 0 Å². The molecule has 1 heterocycles. The van der Waals surface area contributed by atoms with E-state index < -0.39 is 0 Å². The van der Waals surface area contributed by atoms with E-state index in [0.717, 1.165) is 18.5 Å². The van der Waals surface area contributed by atoms with Gasteiger partial charge in [-0.3, -0.25) is 0 Å². The number of piperazine rings is 1. The Morgan fingerprint density at radius 3 is 2.58 bits per heavy atom. The average molecular weight is 269 g/mol. The summed E-state index contributed by atoms with van der Waals surface area (Å²) in [7, 11) is 4.54. The van der Waals surface area contributed by atoms with Crippen molar-refractivity contribution in [2.75, 3.05) is 40.3 Å². The van der Waals surface area contributed by atoms with Gasteiger partial charge >= 0.3 is 0 Å². The molecule has 1 fully saturated rings. The molecule has 3 atom stereocenters. The Balaban J connectivity index is 2.46. The Hall–Kier alpha value is -0.120. The van der Waals surface area contributed by atoms with Crippen LogP contribution in [-0.2, 0) is 0 Å². The number of likely N-dealkylation sites (N-methyl/N-ethyl adjacent to an activating group) is 2. The predicted molar refractivity (Wildman–Crippen MR) is 84.7 cm³/mol. The lowest BCUT2D eigenvalue weighted by atomic mass is 9.92. The fourth-order valence-electron chi connectivity index (χ4n) is 3.33. The van der Waals surface area contributed by atoms with Crippen molar-refractivity contribution in [3.05, 3.63) is 0 Å². The molecule has 0 radical (unpaired) electrons. The van der Waals surface area contributed by atoms with Crippen molar-refractivity contribution in [1.82, 2.24) is 15.1 Å². The zero-order valence-corrected chi connectivity index (χ0v) is 13.8. The lowest BCUT2D eigenvalue weighted by molar-refractivity contribution is 0.0985. The van der Waals surface area contributed by atoms with E-state index >= 15 is 0 Å². The minimum Gasteiger partial charge on any atom is -0.314 e. The Morgan fingerprint density at radius 1 is 1.21 bits per heavy atom. The van der Waals surface area contributed by atoms with Gasteiger partial charge in [-0.1, -0.05) is 33.6 Å². The molecule has 1 N–H and O–H groups in total. The smallest absolute Gasteiger partial charge is 0.0235 e. The van der Waals surface area contributed by atoms with Crippen molar-refractivity contribution in [2.24, 2.45) is 5.92 Å². The molecular weight excluding hydrogens is 234 g/mol. The molecule has 0 aromatic rings. The van der Waals surface area contributed by atoms with Crippen molar-refractivity contribution in [1.29, 1.82) is 0 Å². The molecule has 3 nitrogen and oxygen atoms in total. The summed E-state index contributed by atoms with van der Waals surface area (Å²) in [6, 6.07) is 1.40. The van der Waals surface area contributed by atoms with Gasteiger partial charge in [0.1, 0.15) is 0 Å². The second-order valence-corrected chi connectivity index (χ2v) is 6.52. The van der Waals surface area contributed by atoms with E-state index in [4.69, 9.17) is 0 Å². The van der Waals surface area contributed by atoms with E-state index in [0.29, 0.717) is 6.04 Å². The zero-order valence-electron chi connectivity index (χ0n) is 13.8. The van der Waals surface area contributed by atoms with Gasteiger partial charge in [0, 0.05) is 31.7 Å². The minimum absolute atomic E-state index is 0.686. The van der Waals surface area contributed by atoms with Crippen LogP contribution in [0.3, 0.4) is 0 Å². The first-order valence-electron chi connectivity index (χ1n) is 8.18. The Bertz CT molecular complexity index is 232. The minimum atomic E-state index is 0.686. The number of nitrogens with zero attached hydrogens (tertiary/aromatic N) is 2. The van der Waals surface area contributed by atoms with E-state index in [9.17, 15) is 0 Å². The van der Waals surface area contributed by atoms with Gasteiger partial charge in [0.25, 0.3) is 0 Å². The molecule has 0 aliphatic carbocycles. The van der Waals surface area contributed by atoms with Crippen molar-refractivity contribution < 1.29 is 0 Å². The molecule has 1 aliphatic heterocycles. The summed E-state index contributed by atoms with van der Waals surface area (Å²) in [5.74, 6) is 0.848. The molecule has 19 heavy (non-hydrogen) atoms. The van der Waals surface area contributed by atoms with E-state index in [-0.39, 0.29) is 0 Å². The molecule has 0 saturated carbocycles. The van der Waals surface area contributed by atoms with Crippen LogP contribution < -0.4 is 5.32 Å². The Kier molecular flexibility index (Phi) is 7.96. The van der Waals surface area contributed by atoms with Gasteiger partial charge in [-0.25, -0.2) is 0 Å². The number of hydrogen-bond donors (Lipinski definition) is 1. The van der Waals surface area contributed by atoms with Gasteiger partial charge in [-0.15, -0.1) is 0 Å². The van der Waals surface area contributed by atoms with Crippen molar-refractivity contribution in [2.45, 2.75) is 58.5 Å². The van der Waals surface area contributed by atoms with E-state index in [1.54, 1.807) is 0 Å². The van der Waals surface area contributed by atoms with Crippen LogP contribution in [0.4, 0.5) is 0 Å². The fraction of sp³-hybridized carbons (Fsp3) is 1.00. The standard InChI is InChI=1S/C16H35N3/c1-6-8-14(3)11-15(17-7-2)12-16-13-18(4)9-10-19(16)5/h14-17H,6-13H2,1-5H3. The Morgan fingerprint density at radius 2 is 1.95 bits per heavy atom. The fourth-order valence-corrected chi connectivity index (χ4v) is 3.33. The summed E-state index contributed by atoms with van der Waals surface area (Å²) in [5.41, 5.74) is 0. The second-order valence-electron chi connectivity index (χ2n) is 6.52. The Labute approximate surface area is 120 Å². The molecule has 0 amide bonds. The molecule has 0 spiro atoms. The van der Waals surface area contributed by atoms with Crippen LogP contribution in [-0.4, -0.2) is 62.2 Å². The molecule has 1 aliphatic rings. The van der Waals surface area contributed by atoms with Gasteiger partial charge in [0.15, 0.2) is 0 Å². The van der Waals surface area contributed by atoms with Gasteiger partial charge < -0.3 is 15.1 Å². The molecule has 3 unspecified atom stereocenters. The average Bonchev–Trinajstić information content (AvgIpc) is 2.34. The molecule has 114 valence electrons. The predicted octanol–water partition coefficient (Wildman–Crippen LogP) is 2.43. The molecule has 1 saturated heterocycles. The highest BCUT2D eigenvalue weighted by Crippen LogP contribution is 2.19. The third-order valence-corrected chi connectivity index (χ3v) is 4.50. The highest BCUT2D eigenvalue weighted by Gasteiger charge is 2.25. The van der Waals surface area contributed by atoms with Crippen molar-refractivity contribution in [3.8, 4) is 0 Å². The number of hydrogen-bond acceptors (Lipinski definition) is 3. The quantitative estimate of drug-likeness (QED) is 0.730. The molecular formula is C16H35N3. The topological polar surface area (TPSA) is 18.5 Å². The molecule has 0 bridgehead atoms. The summed E-state index contributed by atoms with van der Waals surface area (Å²) in [6.45, 7) is 11.7. The van der Waals surface area contributed by atoms with Crippen LogP contribution in [0.2, 0.25) is 0 Å². The van der Waals surface area contributed by atoms with Crippen molar-refractivity contribution in [3.63, 3.8) is 0 Å².